The molecule has 0 radical (unpaired) electrons. The largest absolute Gasteiger partial charge is 0.352 e. The van der Waals surface area contributed by atoms with E-state index in [0.717, 1.165) is 56.6 Å². The highest BCUT2D eigenvalue weighted by atomic mass is 16.5. The quantitative estimate of drug-likeness (QED) is 0.272. The number of nitrogens with zero attached hydrogens (tertiary/aromatic N) is 4. The second-order valence-electron chi connectivity index (χ2n) is 13.2. The topological polar surface area (TPSA) is 74.5 Å². The summed E-state index contributed by atoms with van der Waals surface area (Å²) in [5.74, 6) is 1.27. The maximum absolute atomic E-state index is 13.1. The van der Waals surface area contributed by atoms with Crippen LogP contribution in [0.3, 0.4) is 0 Å². The summed E-state index contributed by atoms with van der Waals surface area (Å²) >= 11 is 0. The van der Waals surface area contributed by atoms with Gasteiger partial charge in [-0.1, -0.05) is 98.7 Å². The molecule has 3 heterocycles. The Labute approximate surface area is 255 Å². The van der Waals surface area contributed by atoms with Crippen molar-refractivity contribution in [1.29, 1.82) is 0 Å². The normalized spacial score (nSPS) is 17.9. The zero-order valence-electron chi connectivity index (χ0n) is 25.7. The Hall–Kier alpha value is -3.81. The number of benzene rings is 3. The van der Waals surface area contributed by atoms with Crippen LogP contribution >= 0.6 is 0 Å². The van der Waals surface area contributed by atoms with Gasteiger partial charge in [0.1, 0.15) is 0 Å². The first kappa shape index (κ1) is 29.3. The van der Waals surface area contributed by atoms with Crippen molar-refractivity contribution in [2.24, 2.45) is 5.92 Å². The third-order valence-electron chi connectivity index (χ3n) is 8.82. The third kappa shape index (κ3) is 7.40. The average molecular weight is 578 g/mol. The number of amides is 1. The van der Waals surface area contributed by atoms with Crippen molar-refractivity contribution in [2.75, 3.05) is 19.6 Å². The minimum atomic E-state index is -0.0395. The molecule has 7 heteroatoms. The van der Waals surface area contributed by atoms with Crippen LogP contribution in [0.25, 0.3) is 11.4 Å². The summed E-state index contributed by atoms with van der Waals surface area (Å²) in [5, 5.41) is 7.39. The highest BCUT2D eigenvalue weighted by Crippen LogP contribution is 2.26. The van der Waals surface area contributed by atoms with E-state index in [1.54, 1.807) is 0 Å². The van der Waals surface area contributed by atoms with Crippen LogP contribution < -0.4 is 5.32 Å². The van der Waals surface area contributed by atoms with Crippen molar-refractivity contribution in [1.82, 2.24) is 25.3 Å². The Kier molecular flexibility index (Phi) is 8.73. The predicted octanol–water partition coefficient (Wildman–Crippen LogP) is 6.12. The maximum Gasteiger partial charge on any atom is 0.241 e. The van der Waals surface area contributed by atoms with Crippen LogP contribution in [0.5, 0.6) is 0 Å². The molecule has 1 aromatic heterocycles. The standard InChI is InChI=1S/C36H43N5O2/c1-36(2,3)32-16-14-29(15-17-32)34-38-33(43-39-34)25-40-19-6-9-31(24-40)35(42)37-21-26-10-12-27(13-11-26)22-41-20-18-28-7-4-5-8-30(28)23-41/h4-5,7-8,10-17,31H,6,9,18-25H2,1-3H3,(H,37,42). The van der Waals surface area contributed by atoms with E-state index < -0.39 is 0 Å². The number of likely N-dealkylation sites (tertiary alicyclic amines) is 1. The molecule has 1 saturated heterocycles. The molecule has 6 rings (SSSR count). The van der Waals surface area contributed by atoms with Gasteiger partial charge in [-0.2, -0.15) is 4.98 Å². The van der Waals surface area contributed by atoms with Gasteiger partial charge in [-0.3, -0.25) is 14.6 Å². The number of fused-ring (bicyclic) bond motifs is 1. The summed E-state index contributed by atoms with van der Waals surface area (Å²) in [6.45, 7) is 12.4. The number of aromatic nitrogens is 2. The molecule has 1 N–H and O–H groups in total. The molecular formula is C36H43N5O2. The molecule has 0 saturated carbocycles. The molecule has 43 heavy (non-hydrogen) atoms. The first-order valence-electron chi connectivity index (χ1n) is 15.6. The summed E-state index contributed by atoms with van der Waals surface area (Å²) in [7, 11) is 0. The van der Waals surface area contributed by atoms with Gasteiger partial charge in [-0.15, -0.1) is 0 Å². The van der Waals surface area contributed by atoms with Crippen molar-refractivity contribution in [3.63, 3.8) is 0 Å². The highest BCUT2D eigenvalue weighted by Gasteiger charge is 2.27. The smallest absolute Gasteiger partial charge is 0.241 e. The number of nitrogens with one attached hydrogen (secondary N) is 1. The minimum absolute atomic E-state index is 0.0395. The Morgan fingerprint density at radius 3 is 2.42 bits per heavy atom. The molecule has 0 aliphatic carbocycles. The lowest BCUT2D eigenvalue weighted by Gasteiger charge is -2.30. The van der Waals surface area contributed by atoms with E-state index in [1.165, 1.54) is 22.3 Å². The first-order valence-corrected chi connectivity index (χ1v) is 15.6. The molecule has 2 aliphatic heterocycles. The molecule has 1 amide bonds. The van der Waals surface area contributed by atoms with E-state index >= 15 is 0 Å². The number of hydrogen-bond donors (Lipinski definition) is 1. The van der Waals surface area contributed by atoms with Crippen LogP contribution in [-0.2, 0) is 42.8 Å². The SMILES string of the molecule is CC(C)(C)c1ccc(-c2noc(CN3CCCC(C(=O)NCc4ccc(CN5CCc6ccccc6C5)cc4)C3)n2)cc1. The second-order valence-corrected chi connectivity index (χ2v) is 13.2. The van der Waals surface area contributed by atoms with Gasteiger partial charge < -0.3 is 9.84 Å². The molecule has 1 unspecified atom stereocenters. The van der Waals surface area contributed by atoms with Crippen molar-refractivity contribution in [3.05, 3.63) is 107 Å². The Morgan fingerprint density at radius 2 is 1.65 bits per heavy atom. The van der Waals surface area contributed by atoms with Crippen LogP contribution in [0.15, 0.2) is 77.3 Å². The van der Waals surface area contributed by atoms with Gasteiger partial charge in [-0.25, -0.2) is 0 Å². The van der Waals surface area contributed by atoms with Gasteiger partial charge in [0, 0.05) is 38.3 Å². The molecule has 7 nitrogen and oxygen atoms in total. The molecule has 4 aromatic rings. The van der Waals surface area contributed by atoms with Crippen molar-refractivity contribution >= 4 is 5.91 Å². The zero-order chi connectivity index (χ0) is 29.8. The first-order chi connectivity index (χ1) is 20.8. The monoisotopic (exact) mass is 577 g/mol. The zero-order valence-corrected chi connectivity index (χ0v) is 25.7. The molecule has 1 fully saturated rings. The van der Waals surface area contributed by atoms with Gasteiger partial charge in [0.25, 0.3) is 0 Å². The average Bonchev–Trinajstić information content (AvgIpc) is 3.49. The van der Waals surface area contributed by atoms with E-state index in [4.69, 9.17) is 4.52 Å². The van der Waals surface area contributed by atoms with Crippen molar-refractivity contribution in [3.8, 4) is 11.4 Å². The van der Waals surface area contributed by atoms with E-state index in [-0.39, 0.29) is 17.2 Å². The summed E-state index contributed by atoms with van der Waals surface area (Å²) < 4.78 is 5.59. The minimum Gasteiger partial charge on any atom is -0.352 e. The molecule has 2 aliphatic rings. The van der Waals surface area contributed by atoms with E-state index in [9.17, 15) is 4.79 Å². The number of carbonyl (C=O) groups is 1. The number of piperidine rings is 1. The van der Waals surface area contributed by atoms with Crippen LogP contribution in [-0.4, -0.2) is 45.5 Å². The number of carbonyl (C=O) groups excluding carboxylic acids is 1. The fraction of sp³-hybridized carbons (Fsp3) is 0.417. The molecule has 224 valence electrons. The van der Waals surface area contributed by atoms with Crippen LogP contribution in [0.4, 0.5) is 0 Å². The molecule has 0 bridgehead atoms. The Bertz CT molecular complexity index is 1520. The second kappa shape index (κ2) is 12.8. The summed E-state index contributed by atoms with van der Waals surface area (Å²) in [6, 6.07) is 25.8. The lowest BCUT2D eigenvalue weighted by molar-refractivity contribution is -0.127. The Balaban J connectivity index is 0.965. The van der Waals surface area contributed by atoms with E-state index in [1.807, 2.05) is 0 Å². The van der Waals surface area contributed by atoms with Gasteiger partial charge in [-0.05, 0) is 59.0 Å². The van der Waals surface area contributed by atoms with E-state index in [2.05, 4.69) is 119 Å². The fourth-order valence-electron chi connectivity index (χ4n) is 6.20. The maximum atomic E-state index is 13.1. The van der Waals surface area contributed by atoms with Gasteiger partial charge in [0.2, 0.25) is 17.6 Å². The lowest BCUT2D eigenvalue weighted by Crippen LogP contribution is -2.42. The van der Waals surface area contributed by atoms with E-state index in [0.29, 0.717) is 31.3 Å². The van der Waals surface area contributed by atoms with Crippen molar-refractivity contribution < 1.29 is 9.32 Å². The molecule has 1 atom stereocenters. The fourth-order valence-corrected chi connectivity index (χ4v) is 6.20. The van der Waals surface area contributed by atoms with Crippen molar-refractivity contribution in [2.45, 2.75) is 71.6 Å². The highest BCUT2D eigenvalue weighted by molar-refractivity contribution is 5.79. The number of hydrogen-bond acceptors (Lipinski definition) is 6. The molecule has 3 aromatic carbocycles. The predicted molar refractivity (Wildman–Crippen MR) is 169 cm³/mol. The van der Waals surface area contributed by atoms with Gasteiger partial charge in [0.05, 0.1) is 12.5 Å². The van der Waals surface area contributed by atoms with Gasteiger partial charge in [0.15, 0.2) is 0 Å². The summed E-state index contributed by atoms with van der Waals surface area (Å²) in [5.41, 5.74) is 7.68. The lowest BCUT2D eigenvalue weighted by atomic mass is 9.87. The summed E-state index contributed by atoms with van der Waals surface area (Å²) in [4.78, 5) is 22.5. The van der Waals surface area contributed by atoms with Crippen LogP contribution in [0, 0.1) is 5.92 Å². The number of rotatable bonds is 8. The van der Waals surface area contributed by atoms with Crippen LogP contribution in [0.2, 0.25) is 0 Å². The van der Waals surface area contributed by atoms with Gasteiger partial charge >= 0.3 is 0 Å². The third-order valence-corrected chi connectivity index (χ3v) is 8.82. The Morgan fingerprint density at radius 1 is 0.907 bits per heavy atom. The summed E-state index contributed by atoms with van der Waals surface area (Å²) in [6.07, 6.45) is 2.99. The molecular weight excluding hydrogens is 534 g/mol. The molecule has 0 spiro atoms. The van der Waals surface area contributed by atoms with Crippen LogP contribution in [0.1, 0.15) is 67.3 Å².